The molecule has 1 N–H and O–H groups in total. The van der Waals surface area contributed by atoms with Gasteiger partial charge in [0.05, 0.1) is 4.75 Å². The van der Waals surface area contributed by atoms with E-state index in [9.17, 15) is 4.79 Å². The largest absolute Gasteiger partial charge is 0.475 e. The predicted octanol–water partition coefficient (Wildman–Crippen LogP) is 2.58. The summed E-state index contributed by atoms with van der Waals surface area (Å²) in [4.78, 5) is 10.5. The number of aromatic carboxylic acids is 1. The Bertz CT molecular complexity index is 314. The summed E-state index contributed by atoms with van der Waals surface area (Å²) >= 11 is 1.62. The Morgan fingerprint density at radius 2 is 2.15 bits per heavy atom. The molecule has 4 heteroatoms. The lowest BCUT2D eigenvalue weighted by Crippen LogP contribution is -2.09. The van der Waals surface area contributed by atoms with E-state index in [1.165, 1.54) is 6.07 Å². The quantitative estimate of drug-likeness (QED) is 0.814. The fraction of sp³-hybridized carbons (Fsp3) is 0.444. The van der Waals surface area contributed by atoms with Crippen molar-refractivity contribution in [2.75, 3.05) is 6.26 Å². The van der Waals surface area contributed by atoms with Crippen molar-refractivity contribution < 1.29 is 14.3 Å². The second kappa shape index (κ2) is 3.46. The highest BCUT2D eigenvalue weighted by atomic mass is 32.2. The molecule has 0 aromatic carbocycles. The second-order valence-corrected chi connectivity index (χ2v) is 4.61. The van der Waals surface area contributed by atoms with Crippen LogP contribution in [0.1, 0.15) is 30.2 Å². The minimum absolute atomic E-state index is 0.00266. The third-order valence-electron chi connectivity index (χ3n) is 1.92. The van der Waals surface area contributed by atoms with E-state index in [-0.39, 0.29) is 10.5 Å². The van der Waals surface area contributed by atoms with Crippen molar-refractivity contribution >= 4 is 17.7 Å². The van der Waals surface area contributed by atoms with Gasteiger partial charge in [0, 0.05) is 0 Å². The fourth-order valence-electron chi connectivity index (χ4n) is 0.877. The molecule has 72 valence electrons. The Labute approximate surface area is 81.1 Å². The van der Waals surface area contributed by atoms with Crippen LogP contribution in [0.3, 0.4) is 0 Å². The molecule has 0 saturated heterocycles. The highest BCUT2D eigenvalue weighted by Crippen LogP contribution is 2.34. The van der Waals surface area contributed by atoms with Crippen molar-refractivity contribution in [3.8, 4) is 0 Å². The Morgan fingerprint density at radius 3 is 2.54 bits per heavy atom. The van der Waals surface area contributed by atoms with Gasteiger partial charge in [-0.1, -0.05) is 0 Å². The third-order valence-corrected chi connectivity index (χ3v) is 3.14. The molecule has 0 amide bonds. The zero-order valence-electron chi connectivity index (χ0n) is 7.83. The molecule has 0 saturated carbocycles. The van der Waals surface area contributed by atoms with E-state index in [1.807, 2.05) is 20.1 Å². The van der Waals surface area contributed by atoms with Crippen molar-refractivity contribution in [2.24, 2.45) is 0 Å². The zero-order chi connectivity index (χ0) is 10.1. The van der Waals surface area contributed by atoms with E-state index in [4.69, 9.17) is 9.52 Å². The minimum Gasteiger partial charge on any atom is -0.475 e. The summed E-state index contributed by atoms with van der Waals surface area (Å²) in [6.07, 6.45) is 1.96. The number of carboxylic acids is 1. The summed E-state index contributed by atoms with van der Waals surface area (Å²) in [5.74, 6) is -0.335. The number of carbonyl (C=O) groups is 1. The van der Waals surface area contributed by atoms with Crippen LogP contribution < -0.4 is 0 Å². The van der Waals surface area contributed by atoms with Gasteiger partial charge in [0.25, 0.3) is 0 Å². The van der Waals surface area contributed by atoms with Gasteiger partial charge >= 0.3 is 5.97 Å². The van der Waals surface area contributed by atoms with Crippen LogP contribution in [0.4, 0.5) is 0 Å². The summed E-state index contributed by atoms with van der Waals surface area (Å²) < 4.78 is 5.01. The normalized spacial score (nSPS) is 11.6. The molecule has 13 heavy (non-hydrogen) atoms. The first kappa shape index (κ1) is 10.2. The third kappa shape index (κ3) is 2.06. The molecule has 1 heterocycles. The molecular weight excluding hydrogens is 188 g/mol. The van der Waals surface area contributed by atoms with E-state index >= 15 is 0 Å². The lowest BCUT2D eigenvalue weighted by Gasteiger charge is -2.18. The Balaban J connectivity index is 2.98. The van der Waals surface area contributed by atoms with Gasteiger partial charge in [-0.15, -0.1) is 0 Å². The molecule has 0 aliphatic carbocycles. The topological polar surface area (TPSA) is 50.4 Å². The van der Waals surface area contributed by atoms with Crippen molar-refractivity contribution in [3.05, 3.63) is 23.7 Å². The molecule has 0 radical (unpaired) electrons. The average molecular weight is 200 g/mol. The molecule has 0 atom stereocenters. The molecule has 0 aliphatic heterocycles. The van der Waals surface area contributed by atoms with Crippen LogP contribution in [0.2, 0.25) is 0 Å². The highest BCUT2D eigenvalue weighted by molar-refractivity contribution is 7.99. The van der Waals surface area contributed by atoms with Crippen LogP contribution >= 0.6 is 11.8 Å². The maximum Gasteiger partial charge on any atom is 0.371 e. The average Bonchev–Trinajstić information content (AvgIpc) is 2.52. The van der Waals surface area contributed by atoms with Crippen LogP contribution in [-0.4, -0.2) is 17.3 Å². The molecular formula is C9H12O3S. The Kier molecular flexibility index (Phi) is 2.71. The van der Waals surface area contributed by atoms with E-state index in [1.54, 1.807) is 17.8 Å². The first-order valence-corrected chi connectivity index (χ1v) is 5.08. The van der Waals surface area contributed by atoms with Crippen LogP contribution in [0.5, 0.6) is 0 Å². The number of hydrogen-bond acceptors (Lipinski definition) is 3. The van der Waals surface area contributed by atoms with Crippen LogP contribution in [0.15, 0.2) is 16.5 Å². The zero-order valence-corrected chi connectivity index (χ0v) is 8.64. The molecule has 3 nitrogen and oxygen atoms in total. The van der Waals surface area contributed by atoms with E-state index in [0.717, 1.165) is 0 Å². The van der Waals surface area contributed by atoms with Crippen LogP contribution in [0, 0.1) is 0 Å². The molecule has 0 aliphatic rings. The monoisotopic (exact) mass is 200 g/mol. The standard InChI is InChI=1S/C9H12O3S/c1-9(2,13-3)7-5-4-6(12-7)8(10)11/h4-5H,1-3H3,(H,10,11). The molecule has 0 unspecified atom stereocenters. The van der Waals surface area contributed by atoms with Crippen molar-refractivity contribution in [1.29, 1.82) is 0 Å². The summed E-state index contributed by atoms with van der Waals surface area (Å²) in [5.41, 5.74) is 0. The van der Waals surface area contributed by atoms with Gasteiger partial charge < -0.3 is 9.52 Å². The van der Waals surface area contributed by atoms with Gasteiger partial charge in [-0.2, -0.15) is 11.8 Å². The number of furan rings is 1. The van der Waals surface area contributed by atoms with Gasteiger partial charge in [0.15, 0.2) is 0 Å². The van der Waals surface area contributed by atoms with Crippen molar-refractivity contribution in [1.82, 2.24) is 0 Å². The summed E-state index contributed by atoms with van der Waals surface area (Å²) in [7, 11) is 0. The summed E-state index contributed by atoms with van der Waals surface area (Å²) in [6, 6.07) is 3.19. The van der Waals surface area contributed by atoms with Gasteiger partial charge in [-0.25, -0.2) is 4.79 Å². The van der Waals surface area contributed by atoms with Gasteiger partial charge in [0.1, 0.15) is 5.76 Å². The summed E-state index contributed by atoms with van der Waals surface area (Å²) in [5, 5.41) is 8.64. The number of hydrogen-bond donors (Lipinski definition) is 1. The maximum absolute atomic E-state index is 10.5. The van der Waals surface area contributed by atoms with E-state index in [2.05, 4.69) is 0 Å². The highest BCUT2D eigenvalue weighted by Gasteiger charge is 2.24. The van der Waals surface area contributed by atoms with Crippen molar-refractivity contribution in [3.63, 3.8) is 0 Å². The lowest BCUT2D eigenvalue weighted by atomic mass is 10.1. The van der Waals surface area contributed by atoms with Crippen LogP contribution in [-0.2, 0) is 4.75 Å². The fourth-order valence-corrected chi connectivity index (χ4v) is 1.19. The molecule has 1 aromatic heterocycles. The second-order valence-electron chi connectivity index (χ2n) is 3.18. The molecule has 1 aromatic rings. The Morgan fingerprint density at radius 1 is 1.54 bits per heavy atom. The van der Waals surface area contributed by atoms with Crippen molar-refractivity contribution in [2.45, 2.75) is 18.6 Å². The molecule has 0 bridgehead atoms. The van der Waals surface area contributed by atoms with E-state index < -0.39 is 5.97 Å². The lowest BCUT2D eigenvalue weighted by molar-refractivity contribution is 0.0659. The molecule has 0 fully saturated rings. The van der Waals surface area contributed by atoms with Crippen LogP contribution in [0.25, 0.3) is 0 Å². The first-order valence-electron chi connectivity index (χ1n) is 3.86. The van der Waals surface area contributed by atoms with Gasteiger partial charge in [0.2, 0.25) is 5.76 Å². The maximum atomic E-state index is 10.5. The number of thioether (sulfide) groups is 1. The van der Waals surface area contributed by atoms with Gasteiger partial charge in [-0.3, -0.25) is 0 Å². The SMILES string of the molecule is CSC(C)(C)c1ccc(C(=O)O)o1. The number of rotatable bonds is 3. The first-order chi connectivity index (χ1) is 5.97. The number of carboxylic acid groups (broad SMARTS) is 1. The van der Waals surface area contributed by atoms with E-state index in [0.29, 0.717) is 5.76 Å². The molecule has 1 rings (SSSR count). The van der Waals surface area contributed by atoms with Gasteiger partial charge in [-0.05, 0) is 32.2 Å². The predicted molar refractivity (Wildman–Crippen MR) is 52.2 cm³/mol. The smallest absolute Gasteiger partial charge is 0.371 e. The summed E-state index contributed by atoms with van der Waals surface area (Å²) in [6.45, 7) is 3.98. The minimum atomic E-state index is -1.02. The Hall–Kier alpha value is -0.900. The molecule has 0 spiro atoms.